The first-order chi connectivity index (χ1) is 11.0. The SMILES string of the molecule is CCCCNC(=O)C(=O)Nc1ccc(N2CCCC2=O)c(C)c1. The van der Waals surface area contributed by atoms with Gasteiger partial charge in [0.15, 0.2) is 0 Å². The molecular formula is C17H23N3O3. The summed E-state index contributed by atoms with van der Waals surface area (Å²) in [6, 6.07) is 5.30. The van der Waals surface area contributed by atoms with Gasteiger partial charge in [0.25, 0.3) is 0 Å². The lowest BCUT2D eigenvalue weighted by Crippen LogP contribution is -2.35. The van der Waals surface area contributed by atoms with Gasteiger partial charge in [0.1, 0.15) is 0 Å². The Labute approximate surface area is 136 Å². The molecule has 1 saturated heterocycles. The lowest BCUT2D eigenvalue weighted by molar-refractivity contribution is -0.136. The molecule has 23 heavy (non-hydrogen) atoms. The molecule has 124 valence electrons. The van der Waals surface area contributed by atoms with Crippen LogP contribution in [0, 0.1) is 6.92 Å². The van der Waals surface area contributed by atoms with Gasteiger partial charge in [-0.2, -0.15) is 0 Å². The molecule has 1 aromatic carbocycles. The number of nitrogens with zero attached hydrogens (tertiary/aromatic N) is 1. The molecule has 0 aromatic heterocycles. The minimum absolute atomic E-state index is 0.125. The van der Waals surface area contributed by atoms with Crippen molar-refractivity contribution in [3.05, 3.63) is 23.8 Å². The second-order valence-corrected chi connectivity index (χ2v) is 5.71. The molecular weight excluding hydrogens is 294 g/mol. The van der Waals surface area contributed by atoms with Gasteiger partial charge in [-0.1, -0.05) is 13.3 Å². The van der Waals surface area contributed by atoms with E-state index in [2.05, 4.69) is 10.6 Å². The summed E-state index contributed by atoms with van der Waals surface area (Å²) in [5.41, 5.74) is 2.30. The largest absolute Gasteiger partial charge is 0.348 e. The zero-order chi connectivity index (χ0) is 16.8. The van der Waals surface area contributed by atoms with Crippen LogP contribution < -0.4 is 15.5 Å². The van der Waals surface area contributed by atoms with E-state index >= 15 is 0 Å². The van der Waals surface area contributed by atoms with E-state index in [9.17, 15) is 14.4 Å². The summed E-state index contributed by atoms with van der Waals surface area (Å²) < 4.78 is 0. The smallest absolute Gasteiger partial charge is 0.313 e. The predicted octanol–water partition coefficient (Wildman–Crippen LogP) is 1.98. The number of nitrogens with one attached hydrogen (secondary N) is 2. The molecule has 6 heteroatoms. The number of aryl methyl sites for hydroxylation is 1. The van der Waals surface area contributed by atoms with Crippen molar-refractivity contribution in [2.75, 3.05) is 23.3 Å². The second-order valence-electron chi connectivity index (χ2n) is 5.71. The highest BCUT2D eigenvalue weighted by Crippen LogP contribution is 2.27. The molecule has 0 spiro atoms. The quantitative estimate of drug-likeness (QED) is 0.644. The number of unbranched alkanes of at least 4 members (excludes halogenated alkanes) is 1. The number of hydrogen-bond donors (Lipinski definition) is 2. The van der Waals surface area contributed by atoms with E-state index in [-0.39, 0.29) is 5.91 Å². The van der Waals surface area contributed by atoms with Crippen LogP contribution in [0.5, 0.6) is 0 Å². The van der Waals surface area contributed by atoms with Crippen molar-refractivity contribution in [1.29, 1.82) is 0 Å². The van der Waals surface area contributed by atoms with Crippen LogP contribution in [-0.2, 0) is 14.4 Å². The molecule has 1 aliphatic heterocycles. The summed E-state index contributed by atoms with van der Waals surface area (Å²) in [4.78, 5) is 37.0. The maximum atomic E-state index is 11.8. The third kappa shape index (κ3) is 4.31. The molecule has 2 rings (SSSR count). The normalized spacial score (nSPS) is 14.0. The fraction of sp³-hybridized carbons (Fsp3) is 0.471. The van der Waals surface area contributed by atoms with Crippen LogP contribution in [0.3, 0.4) is 0 Å². The maximum absolute atomic E-state index is 11.8. The summed E-state index contributed by atoms with van der Waals surface area (Å²) in [5.74, 6) is -1.18. The monoisotopic (exact) mass is 317 g/mol. The van der Waals surface area contributed by atoms with Crippen LogP contribution in [-0.4, -0.2) is 30.8 Å². The molecule has 2 N–H and O–H groups in total. The highest BCUT2D eigenvalue weighted by atomic mass is 16.2. The van der Waals surface area contributed by atoms with E-state index in [0.29, 0.717) is 18.7 Å². The number of carbonyl (C=O) groups excluding carboxylic acids is 3. The molecule has 6 nitrogen and oxygen atoms in total. The third-order valence-electron chi connectivity index (χ3n) is 3.84. The summed E-state index contributed by atoms with van der Waals surface area (Å²) in [6.07, 6.45) is 3.25. The van der Waals surface area contributed by atoms with Gasteiger partial charge in [0, 0.05) is 30.9 Å². The highest BCUT2D eigenvalue weighted by molar-refractivity contribution is 6.39. The van der Waals surface area contributed by atoms with Gasteiger partial charge >= 0.3 is 11.8 Å². The molecule has 0 aliphatic carbocycles. The van der Waals surface area contributed by atoms with Crippen LogP contribution >= 0.6 is 0 Å². The Kier molecular flexibility index (Phi) is 5.73. The fourth-order valence-electron chi connectivity index (χ4n) is 2.59. The number of amides is 3. The molecule has 0 unspecified atom stereocenters. The van der Waals surface area contributed by atoms with Gasteiger partial charge in [0.05, 0.1) is 0 Å². The maximum Gasteiger partial charge on any atom is 0.313 e. The topological polar surface area (TPSA) is 78.5 Å². The number of hydrogen-bond acceptors (Lipinski definition) is 3. The minimum atomic E-state index is -0.675. The Hall–Kier alpha value is -2.37. The van der Waals surface area contributed by atoms with Crippen molar-refractivity contribution < 1.29 is 14.4 Å². The lowest BCUT2D eigenvalue weighted by atomic mass is 10.1. The van der Waals surface area contributed by atoms with Gasteiger partial charge in [-0.25, -0.2) is 0 Å². The first-order valence-electron chi connectivity index (χ1n) is 8.03. The standard InChI is InChI=1S/C17H23N3O3/c1-3-4-9-18-16(22)17(23)19-13-7-8-14(12(2)11-13)20-10-5-6-15(20)21/h7-8,11H,3-6,9-10H2,1-2H3,(H,18,22)(H,19,23). The average Bonchev–Trinajstić information content (AvgIpc) is 2.93. The molecule has 0 saturated carbocycles. The van der Waals surface area contributed by atoms with Gasteiger partial charge in [-0.05, 0) is 43.5 Å². The summed E-state index contributed by atoms with van der Waals surface area (Å²) in [5, 5.41) is 5.16. The van der Waals surface area contributed by atoms with Crippen LogP contribution in [0.25, 0.3) is 0 Å². The van der Waals surface area contributed by atoms with E-state index in [4.69, 9.17) is 0 Å². The Morgan fingerprint density at radius 3 is 2.65 bits per heavy atom. The highest BCUT2D eigenvalue weighted by Gasteiger charge is 2.23. The second kappa shape index (κ2) is 7.76. The summed E-state index contributed by atoms with van der Waals surface area (Å²) in [7, 11) is 0. The number of carbonyl (C=O) groups is 3. The lowest BCUT2D eigenvalue weighted by Gasteiger charge is -2.19. The molecule has 3 amide bonds. The Bertz CT molecular complexity index is 613. The van der Waals surface area contributed by atoms with Gasteiger partial charge in [-0.3, -0.25) is 14.4 Å². The van der Waals surface area contributed by atoms with E-state index in [1.54, 1.807) is 17.0 Å². The number of rotatable bonds is 5. The first kappa shape index (κ1) is 17.0. The van der Waals surface area contributed by atoms with Crippen molar-refractivity contribution in [2.45, 2.75) is 39.5 Å². The molecule has 1 fully saturated rings. The van der Waals surface area contributed by atoms with Crippen molar-refractivity contribution in [3.63, 3.8) is 0 Å². The molecule has 1 heterocycles. The third-order valence-corrected chi connectivity index (χ3v) is 3.84. The average molecular weight is 317 g/mol. The van der Waals surface area contributed by atoms with Gasteiger partial charge in [0.2, 0.25) is 5.91 Å². The minimum Gasteiger partial charge on any atom is -0.348 e. The zero-order valence-electron chi connectivity index (χ0n) is 13.6. The Morgan fingerprint density at radius 2 is 2.04 bits per heavy atom. The van der Waals surface area contributed by atoms with Crippen LogP contribution in [0.15, 0.2) is 18.2 Å². The molecule has 0 bridgehead atoms. The van der Waals surface area contributed by atoms with Crippen molar-refractivity contribution in [1.82, 2.24) is 5.32 Å². The summed E-state index contributed by atoms with van der Waals surface area (Å²) in [6.45, 7) is 5.13. The van der Waals surface area contributed by atoms with Gasteiger partial charge < -0.3 is 15.5 Å². The molecule has 1 aliphatic rings. The Balaban J connectivity index is 1.99. The molecule has 0 radical (unpaired) electrons. The number of benzene rings is 1. The van der Waals surface area contributed by atoms with E-state index in [1.807, 2.05) is 19.9 Å². The van der Waals surface area contributed by atoms with Crippen LogP contribution in [0.2, 0.25) is 0 Å². The van der Waals surface area contributed by atoms with Crippen molar-refractivity contribution in [2.24, 2.45) is 0 Å². The molecule has 0 atom stereocenters. The van der Waals surface area contributed by atoms with Gasteiger partial charge in [-0.15, -0.1) is 0 Å². The van der Waals surface area contributed by atoms with E-state index in [1.165, 1.54) is 0 Å². The number of anilines is 2. The van der Waals surface area contributed by atoms with Crippen molar-refractivity contribution >= 4 is 29.1 Å². The van der Waals surface area contributed by atoms with E-state index in [0.717, 1.165) is 37.1 Å². The van der Waals surface area contributed by atoms with Crippen molar-refractivity contribution in [3.8, 4) is 0 Å². The van der Waals surface area contributed by atoms with Crippen LogP contribution in [0.4, 0.5) is 11.4 Å². The summed E-state index contributed by atoms with van der Waals surface area (Å²) >= 11 is 0. The fourth-order valence-corrected chi connectivity index (χ4v) is 2.59. The molecule has 1 aromatic rings. The van der Waals surface area contributed by atoms with Crippen LogP contribution in [0.1, 0.15) is 38.2 Å². The predicted molar refractivity (Wildman–Crippen MR) is 89.3 cm³/mol. The zero-order valence-corrected chi connectivity index (χ0v) is 13.6. The van der Waals surface area contributed by atoms with E-state index < -0.39 is 11.8 Å². The Morgan fingerprint density at radius 1 is 1.26 bits per heavy atom. The first-order valence-corrected chi connectivity index (χ1v) is 8.03.